The zero-order chi connectivity index (χ0) is 18.8. The fourth-order valence-corrected chi connectivity index (χ4v) is 2.03. The SMILES string of the molecule is CCCCC(=O)C(=O)CCCC.CCCCC(=O)C(O)CCCC.[HH]. The van der Waals surface area contributed by atoms with Crippen molar-refractivity contribution < 1.29 is 20.9 Å². The van der Waals surface area contributed by atoms with Crippen LogP contribution >= 0.6 is 0 Å². The van der Waals surface area contributed by atoms with E-state index in [0.29, 0.717) is 25.7 Å². The molecule has 0 bridgehead atoms. The molecule has 0 rings (SSSR count). The van der Waals surface area contributed by atoms with E-state index in [1.54, 1.807) is 0 Å². The number of Topliss-reactive ketones (excluding diaryl/α,β-unsaturated/α-hetero) is 3. The summed E-state index contributed by atoms with van der Waals surface area (Å²) < 4.78 is 0. The minimum absolute atomic E-state index is 0. The van der Waals surface area contributed by atoms with E-state index in [9.17, 15) is 19.5 Å². The van der Waals surface area contributed by atoms with Crippen LogP contribution in [0, 0.1) is 0 Å². The molecule has 0 aromatic carbocycles. The maximum atomic E-state index is 11.2. The molecule has 24 heavy (non-hydrogen) atoms. The van der Waals surface area contributed by atoms with Crippen molar-refractivity contribution in [3.8, 4) is 0 Å². The van der Waals surface area contributed by atoms with Gasteiger partial charge in [0, 0.05) is 20.7 Å². The van der Waals surface area contributed by atoms with Crippen LogP contribution in [0.25, 0.3) is 0 Å². The van der Waals surface area contributed by atoms with E-state index in [1.165, 1.54) is 0 Å². The van der Waals surface area contributed by atoms with Gasteiger partial charge in [-0.25, -0.2) is 0 Å². The summed E-state index contributed by atoms with van der Waals surface area (Å²) in [6.07, 6.45) is 8.92. The first-order valence-electron chi connectivity index (χ1n) is 9.71. The van der Waals surface area contributed by atoms with Crippen molar-refractivity contribution in [2.24, 2.45) is 0 Å². The first-order chi connectivity index (χ1) is 11.4. The number of ketones is 3. The van der Waals surface area contributed by atoms with Crippen molar-refractivity contribution in [1.82, 2.24) is 0 Å². The minimum Gasteiger partial charge on any atom is -0.385 e. The number of aliphatic hydroxyl groups is 1. The van der Waals surface area contributed by atoms with Crippen molar-refractivity contribution in [3.05, 3.63) is 0 Å². The summed E-state index contributed by atoms with van der Waals surface area (Å²) in [5.74, 6) is -0.332. The Morgan fingerprint density at radius 1 is 0.708 bits per heavy atom. The van der Waals surface area contributed by atoms with Gasteiger partial charge in [-0.2, -0.15) is 0 Å². The molecule has 0 amide bonds. The van der Waals surface area contributed by atoms with Crippen LogP contribution in [0.1, 0.15) is 106 Å². The maximum Gasteiger partial charge on any atom is 0.198 e. The van der Waals surface area contributed by atoms with Gasteiger partial charge in [-0.15, -0.1) is 0 Å². The van der Waals surface area contributed by atoms with Gasteiger partial charge in [-0.3, -0.25) is 14.4 Å². The fourth-order valence-electron chi connectivity index (χ4n) is 2.03. The van der Waals surface area contributed by atoms with Gasteiger partial charge in [0.15, 0.2) is 17.3 Å². The normalized spacial score (nSPS) is 11.4. The Kier molecular flexibility index (Phi) is 19.2. The summed E-state index contributed by atoms with van der Waals surface area (Å²) in [6.45, 7) is 8.14. The molecule has 4 heteroatoms. The van der Waals surface area contributed by atoms with Gasteiger partial charge in [-0.05, 0) is 25.7 Å². The molecule has 0 aliphatic carbocycles. The Bertz CT molecular complexity index is 325. The molecule has 0 saturated carbocycles. The van der Waals surface area contributed by atoms with Gasteiger partial charge in [-0.1, -0.05) is 59.8 Å². The molecular formula is C20H40O4. The van der Waals surface area contributed by atoms with Crippen LogP contribution < -0.4 is 0 Å². The lowest BCUT2D eigenvalue weighted by Gasteiger charge is -2.07. The number of unbranched alkanes of at least 4 members (excludes halogenated alkanes) is 4. The molecule has 144 valence electrons. The standard InChI is InChI=1S/C10H20O2.C10H18O2.H2/c2*1-3-5-7-9(11)10(12)8-6-4-2;/h9,11H,3-8H2,1-2H3;3-8H2,1-2H3;1H. The van der Waals surface area contributed by atoms with E-state index in [-0.39, 0.29) is 18.8 Å². The molecule has 4 nitrogen and oxygen atoms in total. The maximum absolute atomic E-state index is 11.2. The van der Waals surface area contributed by atoms with E-state index in [0.717, 1.165) is 51.4 Å². The molecule has 1 N–H and O–H groups in total. The van der Waals surface area contributed by atoms with Gasteiger partial charge in [0.05, 0.1) is 0 Å². The highest BCUT2D eigenvalue weighted by Crippen LogP contribution is 2.06. The van der Waals surface area contributed by atoms with Crippen LogP contribution in [0.2, 0.25) is 0 Å². The summed E-state index contributed by atoms with van der Waals surface area (Å²) in [5.41, 5.74) is 0. The first-order valence-corrected chi connectivity index (χ1v) is 9.71. The third kappa shape index (κ3) is 15.9. The summed E-state index contributed by atoms with van der Waals surface area (Å²) >= 11 is 0. The fraction of sp³-hybridized carbons (Fsp3) is 0.850. The van der Waals surface area contributed by atoms with Crippen LogP contribution in [0.4, 0.5) is 0 Å². The second-order valence-corrected chi connectivity index (χ2v) is 6.28. The third-order valence-corrected chi connectivity index (χ3v) is 3.81. The van der Waals surface area contributed by atoms with Gasteiger partial charge >= 0.3 is 0 Å². The lowest BCUT2D eigenvalue weighted by Crippen LogP contribution is -2.19. The molecule has 0 heterocycles. The zero-order valence-electron chi connectivity index (χ0n) is 16.2. The van der Waals surface area contributed by atoms with Crippen molar-refractivity contribution in [3.63, 3.8) is 0 Å². The second-order valence-electron chi connectivity index (χ2n) is 6.28. The summed E-state index contributed by atoms with van der Waals surface area (Å²) in [7, 11) is 0. The quantitative estimate of drug-likeness (QED) is 0.448. The topological polar surface area (TPSA) is 71.4 Å². The highest BCUT2D eigenvalue weighted by molar-refractivity contribution is 6.37. The molecule has 0 aliphatic heterocycles. The molecule has 0 aromatic rings. The van der Waals surface area contributed by atoms with Gasteiger partial charge in [0.1, 0.15) is 6.10 Å². The molecular weight excluding hydrogens is 304 g/mol. The molecule has 1 unspecified atom stereocenters. The van der Waals surface area contributed by atoms with Crippen molar-refractivity contribution in [2.45, 2.75) is 111 Å². The van der Waals surface area contributed by atoms with Gasteiger partial charge in [0.25, 0.3) is 0 Å². The van der Waals surface area contributed by atoms with Gasteiger partial charge < -0.3 is 5.11 Å². The first kappa shape index (κ1) is 25.2. The van der Waals surface area contributed by atoms with E-state index in [1.807, 2.05) is 20.8 Å². The van der Waals surface area contributed by atoms with Gasteiger partial charge in [0.2, 0.25) is 0 Å². The Hall–Kier alpha value is -1.03. The van der Waals surface area contributed by atoms with Crippen LogP contribution in [0.15, 0.2) is 0 Å². The Balaban J connectivity index is -0.000000372. The highest BCUT2D eigenvalue weighted by Gasteiger charge is 2.12. The average molecular weight is 345 g/mol. The van der Waals surface area contributed by atoms with Crippen LogP contribution in [0.3, 0.4) is 0 Å². The smallest absolute Gasteiger partial charge is 0.198 e. The summed E-state index contributed by atoms with van der Waals surface area (Å²) in [6, 6.07) is 0. The second kappa shape index (κ2) is 18.3. The predicted octanol–water partition coefficient (Wildman–Crippen LogP) is 5.05. The number of carbonyl (C=O) groups excluding carboxylic acids is 3. The number of carbonyl (C=O) groups is 3. The highest BCUT2D eigenvalue weighted by atomic mass is 16.3. The minimum atomic E-state index is -0.698. The van der Waals surface area contributed by atoms with Crippen LogP contribution in [-0.2, 0) is 14.4 Å². The lowest BCUT2D eigenvalue weighted by atomic mass is 10.0. The van der Waals surface area contributed by atoms with Crippen LogP contribution in [-0.4, -0.2) is 28.6 Å². The van der Waals surface area contributed by atoms with E-state index >= 15 is 0 Å². The Morgan fingerprint density at radius 3 is 1.46 bits per heavy atom. The van der Waals surface area contributed by atoms with Crippen LogP contribution in [0.5, 0.6) is 0 Å². The number of hydrogen-bond acceptors (Lipinski definition) is 4. The van der Waals surface area contributed by atoms with Crippen molar-refractivity contribution >= 4 is 17.3 Å². The largest absolute Gasteiger partial charge is 0.385 e. The lowest BCUT2D eigenvalue weighted by molar-refractivity contribution is -0.136. The summed E-state index contributed by atoms with van der Waals surface area (Å²) in [5, 5.41) is 9.33. The zero-order valence-corrected chi connectivity index (χ0v) is 16.2. The Labute approximate surface area is 149 Å². The predicted molar refractivity (Wildman–Crippen MR) is 101 cm³/mol. The van der Waals surface area contributed by atoms with E-state index in [4.69, 9.17) is 0 Å². The molecule has 0 aliphatic rings. The molecule has 0 radical (unpaired) electrons. The third-order valence-electron chi connectivity index (χ3n) is 3.81. The number of rotatable bonds is 14. The molecule has 0 fully saturated rings. The molecule has 0 saturated heterocycles. The van der Waals surface area contributed by atoms with E-state index < -0.39 is 6.10 Å². The van der Waals surface area contributed by atoms with E-state index in [2.05, 4.69) is 6.92 Å². The summed E-state index contributed by atoms with van der Waals surface area (Å²) in [4.78, 5) is 33.3. The van der Waals surface area contributed by atoms with Crippen molar-refractivity contribution in [2.75, 3.05) is 0 Å². The monoisotopic (exact) mass is 344 g/mol. The Morgan fingerprint density at radius 2 is 1.08 bits per heavy atom. The average Bonchev–Trinajstić information content (AvgIpc) is 2.60. The molecule has 0 aromatic heterocycles. The number of aliphatic hydroxyl groups excluding tert-OH is 1. The van der Waals surface area contributed by atoms with Crippen molar-refractivity contribution in [1.29, 1.82) is 0 Å². The molecule has 1 atom stereocenters. The molecule has 0 spiro atoms. The number of hydrogen-bond donors (Lipinski definition) is 1.